The van der Waals surface area contributed by atoms with Crippen LogP contribution < -0.4 is 0 Å². The summed E-state index contributed by atoms with van der Waals surface area (Å²) in [6.07, 6.45) is 5.90. The third-order valence-corrected chi connectivity index (χ3v) is 1.80. The van der Waals surface area contributed by atoms with Gasteiger partial charge in [-0.3, -0.25) is 4.79 Å². The quantitative estimate of drug-likeness (QED) is 0.668. The van der Waals surface area contributed by atoms with Crippen LogP contribution in [0, 0.1) is 12.3 Å². The van der Waals surface area contributed by atoms with Crippen molar-refractivity contribution in [3.05, 3.63) is 0 Å². The number of aliphatic hydroxyl groups is 1. The van der Waals surface area contributed by atoms with Crippen molar-refractivity contribution in [3.63, 3.8) is 0 Å². The minimum atomic E-state index is -0.845. The smallest absolute Gasteiger partial charge is 0.223 e. The van der Waals surface area contributed by atoms with Gasteiger partial charge in [0.1, 0.15) is 0 Å². The average molecular weight is 197 g/mol. The molecule has 0 heterocycles. The van der Waals surface area contributed by atoms with Crippen molar-refractivity contribution < 1.29 is 9.90 Å². The van der Waals surface area contributed by atoms with Gasteiger partial charge >= 0.3 is 0 Å². The van der Waals surface area contributed by atoms with Crippen LogP contribution in [0.5, 0.6) is 0 Å². The first kappa shape index (κ1) is 13.0. The summed E-state index contributed by atoms with van der Waals surface area (Å²) in [5.41, 5.74) is -0.845. The van der Waals surface area contributed by atoms with Gasteiger partial charge in [0.2, 0.25) is 5.91 Å². The lowest BCUT2D eigenvalue weighted by Gasteiger charge is -2.27. The molecule has 80 valence electrons. The predicted molar refractivity (Wildman–Crippen MR) is 56.6 cm³/mol. The van der Waals surface area contributed by atoms with Gasteiger partial charge in [-0.1, -0.05) is 0 Å². The Morgan fingerprint density at radius 3 is 2.50 bits per heavy atom. The highest BCUT2D eigenvalue weighted by Gasteiger charge is 2.20. The molecule has 3 heteroatoms. The van der Waals surface area contributed by atoms with Gasteiger partial charge in [0.15, 0.2) is 0 Å². The van der Waals surface area contributed by atoms with E-state index in [-0.39, 0.29) is 5.91 Å². The van der Waals surface area contributed by atoms with Crippen LogP contribution in [-0.2, 0) is 4.79 Å². The molecule has 0 rings (SSSR count). The van der Waals surface area contributed by atoms with Crippen molar-refractivity contribution in [2.45, 2.75) is 39.2 Å². The van der Waals surface area contributed by atoms with E-state index in [0.717, 1.165) is 0 Å². The van der Waals surface area contributed by atoms with Gasteiger partial charge in [0, 0.05) is 25.9 Å². The van der Waals surface area contributed by atoms with Crippen LogP contribution in [0.25, 0.3) is 0 Å². The SMILES string of the molecule is C#CCCC(=O)N(CC)CC(C)(C)O. The third-order valence-electron chi connectivity index (χ3n) is 1.80. The molecule has 0 aromatic rings. The van der Waals surface area contributed by atoms with E-state index >= 15 is 0 Å². The Labute approximate surface area is 86.1 Å². The van der Waals surface area contributed by atoms with E-state index in [9.17, 15) is 9.90 Å². The minimum absolute atomic E-state index is 0.00701. The van der Waals surface area contributed by atoms with Crippen LogP contribution in [0.1, 0.15) is 33.6 Å². The van der Waals surface area contributed by atoms with Crippen LogP contribution in [0.15, 0.2) is 0 Å². The van der Waals surface area contributed by atoms with E-state index in [1.165, 1.54) is 0 Å². The zero-order valence-corrected chi connectivity index (χ0v) is 9.21. The Hall–Kier alpha value is -1.01. The Kier molecular flexibility index (Phi) is 5.26. The molecule has 0 radical (unpaired) electrons. The number of rotatable bonds is 5. The number of terminal acetylenes is 1. The van der Waals surface area contributed by atoms with Crippen molar-refractivity contribution in [1.82, 2.24) is 4.90 Å². The van der Waals surface area contributed by atoms with Crippen molar-refractivity contribution in [1.29, 1.82) is 0 Å². The highest BCUT2D eigenvalue weighted by molar-refractivity contribution is 5.76. The standard InChI is InChI=1S/C11H19NO2/c1-5-7-8-10(13)12(6-2)9-11(3,4)14/h1,14H,6-9H2,2-4H3. The molecule has 0 saturated carbocycles. The van der Waals surface area contributed by atoms with Gasteiger partial charge in [0.25, 0.3) is 0 Å². The normalized spacial score (nSPS) is 10.8. The number of nitrogens with zero attached hydrogens (tertiary/aromatic N) is 1. The fourth-order valence-corrected chi connectivity index (χ4v) is 1.18. The number of amides is 1. The van der Waals surface area contributed by atoms with Gasteiger partial charge in [-0.2, -0.15) is 0 Å². The Morgan fingerprint density at radius 2 is 2.14 bits per heavy atom. The number of carbonyl (C=O) groups excluding carboxylic acids is 1. The van der Waals surface area contributed by atoms with Crippen LogP contribution in [0.4, 0.5) is 0 Å². The molecule has 0 fully saturated rings. The fraction of sp³-hybridized carbons (Fsp3) is 0.727. The molecule has 0 aliphatic carbocycles. The zero-order valence-electron chi connectivity index (χ0n) is 9.21. The summed E-state index contributed by atoms with van der Waals surface area (Å²) in [4.78, 5) is 13.2. The Bertz CT molecular complexity index is 222. The van der Waals surface area contributed by atoms with Gasteiger partial charge in [-0.15, -0.1) is 12.3 Å². The molecular formula is C11H19NO2. The van der Waals surface area contributed by atoms with Crippen molar-refractivity contribution >= 4 is 5.91 Å². The molecule has 0 aromatic carbocycles. The molecule has 1 N–H and O–H groups in total. The first-order valence-electron chi connectivity index (χ1n) is 4.84. The Morgan fingerprint density at radius 1 is 1.57 bits per heavy atom. The molecule has 0 bridgehead atoms. The maximum atomic E-state index is 11.5. The van der Waals surface area contributed by atoms with Crippen LogP contribution in [0.2, 0.25) is 0 Å². The minimum Gasteiger partial charge on any atom is -0.389 e. The monoisotopic (exact) mass is 197 g/mol. The lowest BCUT2D eigenvalue weighted by atomic mass is 10.1. The molecule has 3 nitrogen and oxygen atoms in total. The number of carbonyl (C=O) groups is 1. The van der Waals surface area contributed by atoms with Gasteiger partial charge in [-0.05, 0) is 20.8 Å². The van der Waals surface area contributed by atoms with Crippen LogP contribution >= 0.6 is 0 Å². The summed E-state index contributed by atoms with van der Waals surface area (Å²) in [5.74, 6) is 2.44. The summed E-state index contributed by atoms with van der Waals surface area (Å²) in [6.45, 7) is 6.22. The summed E-state index contributed by atoms with van der Waals surface area (Å²) < 4.78 is 0. The molecule has 14 heavy (non-hydrogen) atoms. The summed E-state index contributed by atoms with van der Waals surface area (Å²) >= 11 is 0. The number of hydrogen-bond donors (Lipinski definition) is 1. The molecule has 0 saturated heterocycles. The van der Waals surface area contributed by atoms with Crippen molar-refractivity contribution in [2.75, 3.05) is 13.1 Å². The molecule has 0 aliphatic rings. The maximum Gasteiger partial charge on any atom is 0.223 e. The van der Waals surface area contributed by atoms with E-state index in [2.05, 4.69) is 5.92 Å². The summed E-state index contributed by atoms with van der Waals surface area (Å²) in [7, 11) is 0. The molecule has 0 unspecified atom stereocenters. The summed E-state index contributed by atoms with van der Waals surface area (Å²) in [6, 6.07) is 0. The van der Waals surface area contributed by atoms with E-state index < -0.39 is 5.60 Å². The largest absolute Gasteiger partial charge is 0.389 e. The van der Waals surface area contributed by atoms with E-state index in [0.29, 0.717) is 25.9 Å². The number of hydrogen-bond acceptors (Lipinski definition) is 2. The molecule has 0 spiro atoms. The van der Waals surface area contributed by atoms with E-state index in [4.69, 9.17) is 6.42 Å². The second kappa shape index (κ2) is 5.66. The second-order valence-corrected chi connectivity index (χ2v) is 3.92. The highest BCUT2D eigenvalue weighted by atomic mass is 16.3. The van der Waals surface area contributed by atoms with Crippen LogP contribution in [0.3, 0.4) is 0 Å². The lowest BCUT2D eigenvalue weighted by Crippen LogP contribution is -2.42. The zero-order chi connectivity index (χ0) is 11.2. The average Bonchev–Trinajstić information content (AvgIpc) is 2.08. The molecule has 0 aromatic heterocycles. The van der Waals surface area contributed by atoms with Crippen molar-refractivity contribution in [2.24, 2.45) is 0 Å². The van der Waals surface area contributed by atoms with Crippen LogP contribution in [-0.4, -0.2) is 34.6 Å². The van der Waals surface area contributed by atoms with Crippen molar-refractivity contribution in [3.8, 4) is 12.3 Å². The first-order chi connectivity index (χ1) is 6.40. The van der Waals surface area contributed by atoms with E-state index in [1.807, 2.05) is 6.92 Å². The van der Waals surface area contributed by atoms with Gasteiger partial charge < -0.3 is 10.0 Å². The first-order valence-corrected chi connectivity index (χ1v) is 4.84. The predicted octanol–water partition coefficient (Wildman–Crippen LogP) is 1.02. The molecule has 0 aliphatic heterocycles. The number of likely N-dealkylation sites (N-methyl/N-ethyl adjacent to an activating group) is 1. The Balaban J connectivity index is 4.14. The lowest BCUT2D eigenvalue weighted by molar-refractivity contribution is -0.133. The molecule has 1 amide bonds. The maximum absolute atomic E-state index is 11.5. The van der Waals surface area contributed by atoms with E-state index in [1.54, 1.807) is 18.7 Å². The molecular weight excluding hydrogens is 178 g/mol. The third kappa shape index (κ3) is 5.60. The molecule has 0 atom stereocenters. The fourth-order valence-electron chi connectivity index (χ4n) is 1.18. The highest BCUT2D eigenvalue weighted by Crippen LogP contribution is 2.06. The van der Waals surface area contributed by atoms with Gasteiger partial charge in [-0.25, -0.2) is 0 Å². The second-order valence-electron chi connectivity index (χ2n) is 3.92. The topological polar surface area (TPSA) is 40.5 Å². The van der Waals surface area contributed by atoms with Gasteiger partial charge in [0.05, 0.1) is 5.60 Å². The summed E-state index contributed by atoms with van der Waals surface area (Å²) in [5, 5.41) is 9.56.